The highest BCUT2D eigenvalue weighted by Gasteiger charge is 2.24. The number of ether oxygens (including phenoxy) is 1. The van der Waals surface area contributed by atoms with Crippen LogP contribution in [0.3, 0.4) is 0 Å². The third kappa shape index (κ3) is 4.45. The van der Waals surface area contributed by atoms with Gasteiger partial charge in [0.05, 0.1) is 6.61 Å². The summed E-state index contributed by atoms with van der Waals surface area (Å²) in [4.78, 5) is 4.47. The van der Waals surface area contributed by atoms with Crippen LogP contribution in [0, 0.1) is 17.2 Å². The lowest BCUT2D eigenvalue weighted by molar-refractivity contribution is 0.136. The highest BCUT2D eigenvalue weighted by atomic mass is 35.5. The molecule has 0 spiro atoms. The molecular weight excluding hydrogens is 317 g/mol. The zero-order valence-corrected chi connectivity index (χ0v) is 14.8. The van der Waals surface area contributed by atoms with Crippen LogP contribution in [-0.2, 0) is 0 Å². The standard InChI is InChI=1S/C18H25ClFNO2/c1-12-5-4-9-21-17(12)13-6-7-14(15(19)16(13)20)23-11-18(2,3)8-10-22/h6-7,12,22H,4-5,8-11H2,1-3H3. The summed E-state index contributed by atoms with van der Waals surface area (Å²) < 4.78 is 20.3. The molecule has 1 aromatic carbocycles. The normalized spacial score (nSPS) is 18.7. The lowest BCUT2D eigenvalue weighted by Gasteiger charge is -2.24. The Balaban J connectivity index is 2.19. The van der Waals surface area contributed by atoms with E-state index in [9.17, 15) is 4.39 Å². The summed E-state index contributed by atoms with van der Waals surface area (Å²) in [5.74, 6) is 0.115. The minimum absolute atomic E-state index is 0.00257. The summed E-state index contributed by atoms with van der Waals surface area (Å²) in [6, 6.07) is 3.41. The van der Waals surface area contributed by atoms with Gasteiger partial charge in [-0.05, 0) is 37.3 Å². The second-order valence-corrected chi connectivity index (χ2v) is 7.35. The molecule has 0 saturated carbocycles. The molecule has 0 radical (unpaired) electrons. The molecule has 0 aromatic heterocycles. The molecule has 0 fully saturated rings. The third-order valence-electron chi connectivity index (χ3n) is 4.27. The first kappa shape index (κ1) is 18.2. The van der Waals surface area contributed by atoms with Crippen LogP contribution in [0.15, 0.2) is 17.1 Å². The summed E-state index contributed by atoms with van der Waals surface area (Å²) in [7, 11) is 0. The monoisotopic (exact) mass is 341 g/mol. The van der Waals surface area contributed by atoms with Gasteiger partial charge in [0, 0.05) is 29.8 Å². The fourth-order valence-corrected chi connectivity index (χ4v) is 2.95. The number of hydrogen-bond donors (Lipinski definition) is 1. The van der Waals surface area contributed by atoms with Crippen molar-refractivity contribution in [2.75, 3.05) is 19.8 Å². The van der Waals surface area contributed by atoms with Crippen molar-refractivity contribution in [2.24, 2.45) is 16.3 Å². The highest BCUT2D eigenvalue weighted by Crippen LogP contribution is 2.33. The van der Waals surface area contributed by atoms with E-state index < -0.39 is 5.82 Å². The van der Waals surface area contributed by atoms with E-state index in [-0.39, 0.29) is 23.0 Å². The van der Waals surface area contributed by atoms with Crippen LogP contribution in [0.25, 0.3) is 0 Å². The molecule has 5 heteroatoms. The second-order valence-electron chi connectivity index (χ2n) is 6.98. The van der Waals surface area contributed by atoms with Crippen molar-refractivity contribution in [1.82, 2.24) is 0 Å². The zero-order chi connectivity index (χ0) is 17.0. The van der Waals surface area contributed by atoms with Crippen molar-refractivity contribution in [3.8, 4) is 5.75 Å². The van der Waals surface area contributed by atoms with E-state index in [0.29, 0.717) is 24.3 Å². The largest absolute Gasteiger partial charge is 0.491 e. The lowest BCUT2D eigenvalue weighted by Crippen LogP contribution is -2.23. The molecule has 0 amide bonds. The van der Waals surface area contributed by atoms with Crippen molar-refractivity contribution in [3.63, 3.8) is 0 Å². The van der Waals surface area contributed by atoms with Crippen LogP contribution in [0.2, 0.25) is 5.02 Å². The predicted octanol–water partition coefficient (Wildman–Crippen LogP) is 4.49. The van der Waals surface area contributed by atoms with Gasteiger partial charge in [-0.1, -0.05) is 32.4 Å². The first-order chi connectivity index (χ1) is 10.9. The first-order valence-electron chi connectivity index (χ1n) is 8.12. The fourth-order valence-electron chi connectivity index (χ4n) is 2.73. The van der Waals surface area contributed by atoms with Crippen LogP contribution in [-0.4, -0.2) is 30.6 Å². The number of aliphatic hydroxyl groups excluding tert-OH is 1. The highest BCUT2D eigenvalue weighted by molar-refractivity contribution is 6.32. The molecule has 1 aliphatic heterocycles. The topological polar surface area (TPSA) is 41.8 Å². The Hall–Kier alpha value is -1.13. The van der Waals surface area contributed by atoms with Gasteiger partial charge >= 0.3 is 0 Å². The molecule has 1 atom stereocenters. The molecule has 0 bridgehead atoms. The Labute approximate surface area is 142 Å². The molecule has 1 N–H and O–H groups in total. The molecule has 23 heavy (non-hydrogen) atoms. The van der Waals surface area contributed by atoms with Crippen LogP contribution in [0.5, 0.6) is 5.75 Å². The number of rotatable bonds is 6. The zero-order valence-electron chi connectivity index (χ0n) is 14.0. The van der Waals surface area contributed by atoms with Gasteiger partial charge in [-0.3, -0.25) is 4.99 Å². The van der Waals surface area contributed by atoms with Gasteiger partial charge in [0.2, 0.25) is 0 Å². The van der Waals surface area contributed by atoms with E-state index in [1.165, 1.54) is 0 Å². The van der Waals surface area contributed by atoms with Crippen LogP contribution in [0.1, 0.15) is 45.6 Å². The van der Waals surface area contributed by atoms with Crippen molar-refractivity contribution in [3.05, 3.63) is 28.5 Å². The number of aliphatic imine (C=N–C) groups is 1. The van der Waals surface area contributed by atoms with E-state index >= 15 is 0 Å². The average molecular weight is 342 g/mol. The van der Waals surface area contributed by atoms with E-state index in [1.54, 1.807) is 12.1 Å². The van der Waals surface area contributed by atoms with Crippen molar-refractivity contribution < 1.29 is 14.2 Å². The molecule has 128 valence electrons. The van der Waals surface area contributed by atoms with Crippen LogP contribution in [0.4, 0.5) is 4.39 Å². The van der Waals surface area contributed by atoms with Gasteiger partial charge in [0.1, 0.15) is 10.8 Å². The maximum absolute atomic E-state index is 14.7. The Morgan fingerprint density at radius 1 is 1.43 bits per heavy atom. The number of benzene rings is 1. The molecule has 1 unspecified atom stereocenters. The third-order valence-corrected chi connectivity index (χ3v) is 4.63. The van der Waals surface area contributed by atoms with Crippen molar-refractivity contribution in [1.29, 1.82) is 0 Å². The molecule has 1 aliphatic rings. The number of hydrogen-bond acceptors (Lipinski definition) is 3. The summed E-state index contributed by atoms with van der Waals surface area (Å²) in [5.41, 5.74) is 1.07. The molecule has 1 heterocycles. The van der Waals surface area contributed by atoms with Crippen LogP contribution < -0.4 is 4.74 Å². The summed E-state index contributed by atoms with van der Waals surface area (Å²) in [6.07, 6.45) is 2.67. The smallest absolute Gasteiger partial charge is 0.154 e. The average Bonchev–Trinajstić information content (AvgIpc) is 2.50. The Kier molecular flexibility index (Phi) is 6.04. The van der Waals surface area contributed by atoms with Gasteiger partial charge in [-0.25, -0.2) is 4.39 Å². The number of halogens is 2. The predicted molar refractivity (Wildman–Crippen MR) is 92.2 cm³/mol. The molecule has 0 aliphatic carbocycles. The Morgan fingerprint density at radius 3 is 2.83 bits per heavy atom. The minimum Gasteiger partial charge on any atom is -0.491 e. The first-order valence-corrected chi connectivity index (χ1v) is 8.50. The summed E-state index contributed by atoms with van der Waals surface area (Å²) >= 11 is 6.17. The van der Waals surface area contributed by atoms with Gasteiger partial charge < -0.3 is 9.84 Å². The van der Waals surface area contributed by atoms with E-state index in [2.05, 4.69) is 11.9 Å². The van der Waals surface area contributed by atoms with E-state index in [4.69, 9.17) is 21.4 Å². The lowest BCUT2D eigenvalue weighted by atomic mass is 9.91. The van der Waals surface area contributed by atoms with Crippen molar-refractivity contribution >= 4 is 17.3 Å². The van der Waals surface area contributed by atoms with E-state index in [0.717, 1.165) is 25.1 Å². The summed E-state index contributed by atoms with van der Waals surface area (Å²) in [6.45, 7) is 7.23. The number of nitrogens with zero attached hydrogens (tertiary/aromatic N) is 1. The maximum atomic E-state index is 14.7. The Morgan fingerprint density at radius 2 is 2.17 bits per heavy atom. The van der Waals surface area contributed by atoms with Gasteiger partial charge in [-0.15, -0.1) is 0 Å². The van der Waals surface area contributed by atoms with E-state index in [1.807, 2.05) is 13.8 Å². The quantitative estimate of drug-likeness (QED) is 0.828. The van der Waals surface area contributed by atoms with Gasteiger partial charge in [0.25, 0.3) is 0 Å². The van der Waals surface area contributed by atoms with Crippen LogP contribution >= 0.6 is 11.6 Å². The SMILES string of the molecule is CC1CCCN=C1c1ccc(OCC(C)(C)CCO)c(Cl)c1F. The number of aliphatic hydroxyl groups is 1. The van der Waals surface area contributed by atoms with Crippen molar-refractivity contribution in [2.45, 2.75) is 40.0 Å². The molecule has 0 saturated heterocycles. The van der Waals surface area contributed by atoms with Gasteiger partial charge in [0.15, 0.2) is 5.82 Å². The molecule has 1 aromatic rings. The molecule has 2 rings (SSSR count). The van der Waals surface area contributed by atoms with Gasteiger partial charge in [-0.2, -0.15) is 0 Å². The fraction of sp³-hybridized carbons (Fsp3) is 0.611. The molecular formula is C18H25ClFNO2. The second kappa shape index (κ2) is 7.63. The molecule has 3 nitrogen and oxygen atoms in total. The maximum Gasteiger partial charge on any atom is 0.154 e. The summed E-state index contributed by atoms with van der Waals surface area (Å²) in [5, 5.41) is 9.05. The minimum atomic E-state index is -0.461. The Bertz CT molecular complexity index is 587.